The number of pyridine rings is 1. The minimum absolute atomic E-state index is 0.157. The molecule has 2 N–H and O–H groups in total. The van der Waals surface area contributed by atoms with E-state index in [-0.39, 0.29) is 11.9 Å². The van der Waals surface area contributed by atoms with Gasteiger partial charge in [-0.15, -0.1) is 0 Å². The Morgan fingerprint density at radius 3 is 2.84 bits per heavy atom. The molecule has 0 aliphatic carbocycles. The van der Waals surface area contributed by atoms with Crippen molar-refractivity contribution in [1.29, 1.82) is 0 Å². The van der Waals surface area contributed by atoms with Crippen LogP contribution in [0.2, 0.25) is 0 Å². The summed E-state index contributed by atoms with van der Waals surface area (Å²) in [4.78, 5) is 31.0. The van der Waals surface area contributed by atoms with E-state index in [1.807, 2.05) is 37.5 Å². The van der Waals surface area contributed by atoms with Crippen molar-refractivity contribution in [2.24, 2.45) is 7.05 Å². The van der Waals surface area contributed by atoms with Crippen LogP contribution in [0.5, 0.6) is 0 Å². The molecular weight excluding hydrogens is 402 g/mol. The smallest absolute Gasteiger partial charge is 0.326 e. The molecule has 1 aliphatic rings. The molecule has 0 bridgehead atoms. The third-order valence-electron chi connectivity index (χ3n) is 5.78. The number of rotatable bonds is 4. The van der Waals surface area contributed by atoms with Gasteiger partial charge in [-0.2, -0.15) is 0 Å². The second kappa shape index (κ2) is 8.19. The molecule has 2 aromatic carbocycles. The fourth-order valence-electron chi connectivity index (χ4n) is 4.09. The molecule has 3 amide bonds. The Balaban J connectivity index is 1.27. The summed E-state index contributed by atoms with van der Waals surface area (Å²) in [6.45, 7) is 1.01. The predicted octanol–water partition coefficient (Wildman–Crippen LogP) is 4.10. The lowest BCUT2D eigenvalue weighted by molar-refractivity contribution is 0.0950. The summed E-state index contributed by atoms with van der Waals surface area (Å²) in [5, 5.41) is 7.00. The fourth-order valence-corrected chi connectivity index (χ4v) is 4.09. The number of benzene rings is 2. The Kier molecular flexibility index (Phi) is 5.07. The lowest BCUT2D eigenvalue weighted by Gasteiger charge is -2.19. The van der Waals surface area contributed by atoms with Gasteiger partial charge in [0.2, 0.25) is 0 Å². The second-order valence-corrected chi connectivity index (χ2v) is 7.92. The van der Waals surface area contributed by atoms with Crippen molar-refractivity contribution in [3.8, 4) is 0 Å². The van der Waals surface area contributed by atoms with E-state index in [9.17, 15) is 9.59 Å². The normalized spacial score (nSPS) is 12.6. The van der Waals surface area contributed by atoms with E-state index in [1.165, 1.54) is 17.3 Å². The van der Waals surface area contributed by atoms with Gasteiger partial charge in [0, 0.05) is 61.0 Å². The SMILES string of the molecule is Cn1ccc2cc3c(cc21)CCN3C(=O)Nc1cccc(CNC(=O)c2cccnc2)c1. The number of fused-ring (bicyclic) bond motifs is 2. The molecule has 7 nitrogen and oxygen atoms in total. The maximum atomic E-state index is 13.0. The second-order valence-electron chi connectivity index (χ2n) is 7.92. The molecule has 5 rings (SSSR count). The molecule has 32 heavy (non-hydrogen) atoms. The molecule has 0 saturated carbocycles. The lowest BCUT2D eigenvalue weighted by atomic mass is 10.1. The van der Waals surface area contributed by atoms with Gasteiger partial charge in [-0.3, -0.25) is 14.7 Å². The summed E-state index contributed by atoms with van der Waals surface area (Å²) in [5.41, 5.74) is 5.41. The number of anilines is 2. The summed E-state index contributed by atoms with van der Waals surface area (Å²) in [6.07, 6.45) is 6.03. The van der Waals surface area contributed by atoms with Gasteiger partial charge in [-0.05, 0) is 60.0 Å². The third kappa shape index (κ3) is 3.80. The number of aryl methyl sites for hydroxylation is 1. The van der Waals surface area contributed by atoms with E-state index in [0.717, 1.165) is 23.1 Å². The first-order valence-electron chi connectivity index (χ1n) is 10.5. The number of nitrogens with zero attached hydrogens (tertiary/aromatic N) is 3. The number of hydrogen-bond acceptors (Lipinski definition) is 3. The van der Waals surface area contributed by atoms with Gasteiger partial charge in [0.1, 0.15) is 0 Å². The van der Waals surface area contributed by atoms with Crippen LogP contribution in [0.3, 0.4) is 0 Å². The fraction of sp³-hybridized carbons (Fsp3) is 0.160. The number of urea groups is 1. The van der Waals surface area contributed by atoms with Crippen LogP contribution in [-0.4, -0.2) is 28.0 Å². The van der Waals surface area contributed by atoms with Crippen molar-refractivity contribution in [3.05, 3.63) is 89.9 Å². The van der Waals surface area contributed by atoms with Gasteiger partial charge in [0.05, 0.1) is 5.56 Å². The zero-order chi connectivity index (χ0) is 22.1. The van der Waals surface area contributed by atoms with E-state index in [2.05, 4.69) is 38.4 Å². The summed E-state index contributed by atoms with van der Waals surface area (Å²) < 4.78 is 2.09. The standard InChI is InChI=1S/C25H23N5O2/c1-29-10-7-18-14-23-19(13-22(18)29)8-11-30(23)25(32)28-21-6-2-4-17(12-21)15-27-24(31)20-5-3-9-26-16-20/h2-7,9-10,12-14,16H,8,11,15H2,1H3,(H,27,31)(H,28,32). The average Bonchev–Trinajstić information content (AvgIpc) is 3.40. The molecule has 0 unspecified atom stereocenters. The first kappa shape index (κ1) is 19.8. The van der Waals surface area contributed by atoms with Crippen molar-refractivity contribution in [1.82, 2.24) is 14.9 Å². The molecule has 0 fully saturated rings. The molecule has 0 radical (unpaired) electrons. The van der Waals surface area contributed by atoms with Crippen LogP contribution in [0.4, 0.5) is 16.2 Å². The van der Waals surface area contributed by atoms with Crippen molar-refractivity contribution in [3.63, 3.8) is 0 Å². The number of aromatic nitrogens is 2. The zero-order valence-corrected chi connectivity index (χ0v) is 17.7. The van der Waals surface area contributed by atoms with Crippen LogP contribution in [-0.2, 0) is 20.0 Å². The number of nitrogens with one attached hydrogen (secondary N) is 2. The van der Waals surface area contributed by atoms with Crippen molar-refractivity contribution in [2.45, 2.75) is 13.0 Å². The van der Waals surface area contributed by atoms with E-state index in [0.29, 0.717) is 24.3 Å². The van der Waals surface area contributed by atoms with Crippen molar-refractivity contribution < 1.29 is 9.59 Å². The monoisotopic (exact) mass is 425 g/mol. The highest BCUT2D eigenvalue weighted by Gasteiger charge is 2.25. The third-order valence-corrected chi connectivity index (χ3v) is 5.78. The Labute approximate surface area is 185 Å². The molecule has 2 aromatic heterocycles. The van der Waals surface area contributed by atoms with E-state index < -0.39 is 0 Å². The van der Waals surface area contributed by atoms with Crippen LogP contribution in [0, 0.1) is 0 Å². The molecule has 3 heterocycles. The van der Waals surface area contributed by atoms with Crippen molar-refractivity contribution >= 4 is 34.2 Å². The molecule has 0 saturated heterocycles. The summed E-state index contributed by atoms with van der Waals surface area (Å²) in [5.74, 6) is -0.187. The summed E-state index contributed by atoms with van der Waals surface area (Å²) >= 11 is 0. The minimum atomic E-state index is -0.187. The van der Waals surface area contributed by atoms with Crippen LogP contribution in [0.15, 0.2) is 73.2 Å². The predicted molar refractivity (Wildman–Crippen MR) is 125 cm³/mol. The molecule has 160 valence electrons. The molecular formula is C25H23N5O2. The number of carbonyl (C=O) groups excluding carboxylic acids is 2. The lowest BCUT2D eigenvalue weighted by Crippen LogP contribution is -2.33. The van der Waals surface area contributed by atoms with E-state index >= 15 is 0 Å². The van der Waals surface area contributed by atoms with E-state index in [4.69, 9.17) is 0 Å². The number of carbonyl (C=O) groups is 2. The number of hydrogen-bond donors (Lipinski definition) is 2. The summed E-state index contributed by atoms with van der Waals surface area (Å²) in [7, 11) is 2.03. The van der Waals surface area contributed by atoms with Gasteiger partial charge in [-0.1, -0.05) is 12.1 Å². The van der Waals surface area contributed by atoms with Gasteiger partial charge in [0.15, 0.2) is 0 Å². The van der Waals surface area contributed by atoms with E-state index in [1.54, 1.807) is 23.2 Å². The Morgan fingerprint density at radius 1 is 1.09 bits per heavy atom. The molecule has 7 heteroatoms. The van der Waals surface area contributed by atoms with Crippen LogP contribution < -0.4 is 15.5 Å². The Morgan fingerprint density at radius 2 is 2.00 bits per heavy atom. The van der Waals surface area contributed by atoms with Crippen LogP contribution >= 0.6 is 0 Å². The first-order valence-corrected chi connectivity index (χ1v) is 10.5. The first-order chi connectivity index (χ1) is 15.6. The molecule has 0 spiro atoms. The Hall–Kier alpha value is -4.13. The average molecular weight is 425 g/mol. The van der Waals surface area contributed by atoms with Crippen LogP contribution in [0.25, 0.3) is 10.9 Å². The van der Waals surface area contributed by atoms with Gasteiger partial charge >= 0.3 is 6.03 Å². The maximum Gasteiger partial charge on any atom is 0.326 e. The quantitative estimate of drug-likeness (QED) is 0.517. The van der Waals surface area contributed by atoms with Gasteiger partial charge in [-0.25, -0.2) is 4.79 Å². The number of amides is 3. The van der Waals surface area contributed by atoms with Gasteiger partial charge in [0.25, 0.3) is 5.91 Å². The zero-order valence-electron chi connectivity index (χ0n) is 17.7. The highest BCUT2D eigenvalue weighted by Crippen LogP contribution is 2.33. The largest absolute Gasteiger partial charge is 0.351 e. The molecule has 1 aliphatic heterocycles. The van der Waals surface area contributed by atoms with Gasteiger partial charge < -0.3 is 15.2 Å². The Bertz CT molecular complexity index is 1310. The topological polar surface area (TPSA) is 79.3 Å². The minimum Gasteiger partial charge on any atom is -0.351 e. The van der Waals surface area contributed by atoms with Crippen LogP contribution in [0.1, 0.15) is 21.5 Å². The highest BCUT2D eigenvalue weighted by molar-refractivity contribution is 6.04. The summed E-state index contributed by atoms with van der Waals surface area (Å²) in [6, 6.07) is 17.1. The van der Waals surface area contributed by atoms with Crippen molar-refractivity contribution in [2.75, 3.05) is 16.8 Å². The molecule has 4 aromatic rings. The highest BCUT2D eigenvalue weighted by atomic mass is 16.2. The molecule has 0 atom stereocenters. The maximum absolute atomic E-state index is 13.0.